The summed E-state index contributed by atoms with van der Waals surface area (Å²) in [7, 11) is 1.61. The zero-order valence-corrected chi connectivity index (χ0v) is 21.7. The average Bonchev–Trinajstić information content (AvgIpc) is 2.90. The zero-order valence-electron chi connectivity index (χ0n) is 21.7. The molecule has 6 heteroatoms. The number of rotatable bonds is 6. The van der Waals surface area contributed by atoms with Crippen molar-refractivity contribution in [2.24, 2.45) is 0 Å². The van der Waals surface area contributed by atoms with Gasteiger partial charge in [0, 0.05) is 6.04 Å². The van der Waals surface area contributed by atoms with Gasteiger partial charge in [0.1, 0.15) is 12.6 Å². The van der Waals surface area contributed by atoms with Crippen LogP contribution in [0.5, 0.6) is 11.5 Å². The summed E-state index contributed by atoms with van der Waals surface area (Å²) in [5, 5.41) is 0. The van der Waals surface area contributed by atoms with E-state index in [9.17, 15) is 9.59 Å². The summed E-state index contributed by atoms with van der Waals surface area (Å²) >= 11 is 0. The molecule has 36 heavy (non-hydrogen) atoms. The smallest absolute Gasteiger partial charge is 0.250 e. The maximum Gasteiger partial charge on any atom is 0.250 e. The Morgan fingerprint density at radius 3 is 2.44 bits per heavy atom. The molecular weight excluding hydrogens is 452 g/mol. The van der Waals surface area contributed by atoms with Crippen LogP contribution >= 0.6 is 0 Å². The van der Waals surface area contributed by atoms with Crippen LogP contribution < -0.4 is 9.47 Å². The van der Waals surface area contributed by atoms with Crippen LogP contribution in [0.2, 0.25) is 0 Å². The number of methoxy groups -OCH3 is 1. The Bertz CT molecular complexity index is 1110. The van der Waals surface area contributed by atoms with Crippen LogP contribution in [0.15, 0.2) is 42.5 Å². The lowest BCUT2D eigenvalue weighted by atomic mass is 9.84. The second-order valence-corrected chi connectivity index (χ2v) is 10.6. The van der Waals surface area contributed by atoms with E-state index in [1.807, 2.05) is 47.9 Å². The van der Waals surface area contributed by atoms with E-state index in [0.717, 1.165) is 50.5 Å². The van der Waals surface area contributed by atoms with Gasteiger partial charge in [0.2, 0.25) is 5.91 Å². The molecule has 1 saturated heterocycles. The van der Waals surface area contributed by atoms with Crippen molar-refractivity contribution in [3.8, 4) is 11.5 Å². The van der Waals surface area contributed by atoms with Gasteiger partial charge in [-0.1, -0.05) is 49.6 Å². The van der Waals surface area contributed by atoms with E-state index in [1.54, 1.807) is 7.11 Å². The number of piperazine rings is 1. The topological polar surface area (TPSA) is 59.1 Å². The zero-order chi connectivity index (χ0) is 25.2. The molecule has 0 radical (unpaired) electrons. The van der Waals surface area contributed by atoms with Crippen LogP contribution in [-0.4, -0.2) is 47.4 Å². The Kier molecular flexibility index (Phi) is 7.22. The van der Waals surface area contributed by atoms with Crippen molar-refractivity contribution in [1.82, 2.24) is 9.80 Å². The highest BCUT2D eigenvalue weighted by molar-refractivity contribution is 5.96. The van der Waals surface area contributed by atoms with E-state index < -0.39 is 6.04 Å². The molecule has 5 rings (SSSR count). The number of nitrogens with zero attached hydrogens (tertiary/aromatic N) is 2. The molecule has 1 heterocycles. The number of benzene rings is 2. The summed E-state index contributed by atoms with van der Waals surface area (Å²) in [6.45, 7) is 4.12. The summed E-state index contributed by atoms with van der Waals surface area (Å²) < 4.78 is 11.6. The van der Waals surface area contributed by atoms with Gasteiger partial charge in [0.15, 0.2) is 11.5 Å². The lowest BCUT2D eigenvalue weighted by Crippen LogP contribution is -2.59. The van der Waals surface area contributed by atoms with Crippen LogP contribution in [0.1, 0.15) is 87.6 Å². The van der Waals surface area contributed by atoms with Gasteiger partial charge < -0.3 is 19.3 Å². The molecule has 6 nitrogen and oxygen atoms in total. The highest BCUT2D eigenvalue weighted by Gasteiger charge is 2.46. The molecule has 0 N–H and O–H groups in total. The van der Waals surface area contributed by atoms with Crippen molar-refractivity contribution < 1.29 is 19.1 Å². The van der Waals surface area contributed by atoms with Gasteiger partial charge in [-0.25, -0.2) is 0 Å². The molecule has 2 atom stereocenters. The number of hydrogen-bond acceptors (Lipinski definition) is 4. The Hall–Kier alpha value is -3.02. The molecule has 2 aromatic carbocycles. The molecular formula is C30H38N2O4. The average molecular weight is 491 g/mol. The molecule has 192 valence electrons. The first kappa shape index (κ1) is 24.7. The van der Waals surface area contributed by atoms with Gasteiger partial charge in [-0.2, -0.15) is 0 Å². The quantitative estimate of drug-likeness (QED) is 0.529. The Labute approximate surface area is 214 Å². The third kappa shape index (κ3) is 4.70. The van der Waals surface area contributed by atoms with E-state index in [4.69, 9.17) is 9.47 Å². The van der Waals surface area contributed by atoms with Crippen molar-refractivity contribution in [3.05, 3.63) is 59.2 Å². The van der Waals surface area contributed by atoms with Gasteiger partial charge in [0.05, 0.1) is 19.3 Å². The van der Waals surface area contributed by atoms with Crippen molar-refractivity contribution >= 4 is 11.8 Å². The van der Waals surface area contributed by atoms with E-state index in [1.165, 1.54) is 17.5 Å². The SMILES string of the molecule is COc1cc([C@H]2C(=O)N(C3CCCCC3)CC(=O)N2[C@H]2CCCc3ccccc32)ccc1OC(C)C. The lowest BCUT2D eigenvalue weighted by molar-refractivity contribution is -0.162. The minimum Gasteiger partial charge on any atom is -0.493 e. The first-order valence-corrected chi connectivity index (χ1v) is 13.5. The summed E-state index contributed by atoms with van der Waals surface area (Å²) in [5.41, 5.74) is 3.23. The number of aryl methyl sites for hydroxylation is 1. The summed E-state index contributed by atoms with van der Waals surface area (Å²) in [5.74, 6) is 1.29. The molecule has 0 spiro atoms. The van der Waals surface area contributed by atoms with Crippen LogP contribution in [-0.2, 0) is 16.0 Å². The van der Waals surface area contributed by atoms with Gasteiger partial charge in [0.25, 0.3) is 5.91 Å². The second kappa shape index (κ2) is 10.5. The fourth-order valence-electron chi connectivity index (χ4n) is 6.31. The monoisotopic (exact) mass is 490 g/mol. The normalized spacial score (nSPS) is 23.1. The first-order chi connectivity index (χ1) is 17.5. The summed E-state index contributed by atoms with van der Waals surface area (Å²) in [6, 6.07) is 13.4. The Morgan fingerprint density at radius 1 is 0.917 bits per heavy atom. The van der Waals surface area contributed by atoms with Gasteiger partial charge in [-0.15, -0.1) is 0 Å². The molecule has 2 amide bonds. The fourth-order valence-corrected chi connectivity index (χ4v) is 6.31. The Balaban J connectivity index is 1.57. The number of carbonyl (C=O) groups excluding carboxylic acids is 2. The van der Waals surface area contributed by atoms with E-state index in [0.29, 0.717) is 11.5 Å². The maximum absolute atomic E-state index is 14.3. The van der Waals surface area contributed by atoms with Crippen LogP contribution in [0.3, 0.4) is 0 Å². The predicted molar refractivity (Wildman–Crippen MR) is 139 cm³/mol. The van der Waals surface area contributed by atoms with Crippen molar-refractivity contribution in [2.75, 3.05) is 13.7 Å². The van der Waals surface area contributed by atoms with Crippen LogP contribution in [0.25, 0.3) is 0 Å². The van der Waals surface area contributed by atoms with Gasteiger partial charge in [-0.3, -0.25) is 9.59 Å². The predicted octanol–water partition coefficient (Wildman–Crippen LogP) is 5.60. The first-order valence-electron chi connectivity index (χ1n) is 13.5. The van der Waals surface area contributed by atoms with Gasteiger partial charge >= 0.3 is 0 Å². The molecule has 0 bridgehead atoms. The largest absolute Gasteiger partial charge is 0.493 e. The van der Waals surface area contributed by atoms with Crippen molar-refractivity contribution in [3.63, 3.8) is 0 Å². The van der Waals surface area contributed by atoms with Crippen LogP contribution in [0, 0.1) is 0 Å². The molecule has 2 aliphatic carbocycles. The number of amides is 2. The molecule has 1 aliphatic heterocycles. The lowest BCUT2D eigenvalue weighted by Gasteiger charge is -2.48. The minimum absolute atomic E-state index is 0.000303. The third-order valence-electron chi connectivity index (χ3n) is 7.94. The van der Waals surface area contributed by atoms with E-state index >= 15 is 0 Å². The Morgan fingerprint density at radius 2 is 1.69 bits per heavy atom. The van der Waals surface area contributed by atoms with Crippen LogP contribution in [0.4, 0.5) is 0 Å². The molecule has 0 unspecified atom stereocenters. The maximum atomic E-state index is 14.3. The molecule has 3 aliphatic rings. The molecule has 2 fully saturated rings. The highest BCUT2D eigenvalue weighted by atomic mass is 16.5. The van der Waals surface area contributed by atoms with Crippen molar-refractivity contribution in [2.45, 2.75) is 89.4 Å². The fraction of sp³-hybridized carbons (Fsp3) is 0.533. The summed E-state index contributed by atoms with van der Waals surface area (Å²) in [6.07, 6.45) is 8.26. The highest BCUT2D eigenvalue weighted by Crippen LogP contribution is 2.44. The van der Waals surface area contributed by atoms with E-state index in [2.05, 4.69) is 18.2 Å². The minimum atomic E-state index is -0.675. The number of fused-ring (bicyclic) bond motifs is 1. The third-order valence-corrected chi connectivity index (χ3v) is 7.94. The number of hydrogen-bond donors (Lipinski definition) is 0. The molecule has 2 aromatic rings. The molecule has 0 aromatic heterocycles. The van der Waals surface area contributed by atoms with Crippen molar-refractivity contribution in [1.29, 1.82) is 0 Å². The standard InChI is InChI=1S/C30H38N2O4/c1-20(2)36-26-17-16-22(18-27(26)35-3)29-30(34)31(23-12-5-4-6-13-23)19-28(33)32(29)25-15-9-11-21-10-7-8-14-24(21)25/h7-8,10,14,16-18,20,23,25,29H,4-6,9,11-13,15,19H2,1-3H3/t25-,29-/m0/s1. The number of ether oxygens (including phenoxy) is 2. The van der Waals surface area contributed by atoms with Gasteiger partial charge in [-0.05, 0) is 74.8 Å². The molecule has 1 saturated carbocycles. The van der Waals surface area contributed by atoms with E-state index in [-0.39, 0.29) is 36.5 Å². The summed E-state index contributed by atoms with van der Waals surface area (Å²) in [4.78, 5) is 32.0. The number of carbonyl (C=O) groups is 2. The second-order valence-electron chi connectivity index (χ2n) is 10.6.